The maximum Gasteiger partial charge on any atom is 0.0901 e. The first-order chi connectivity index (χ1) is 7.37. The molecule has 2 aliphatic heterocycles. The van der Waals surface area contributed by atoms with Gasteiger partial charge in [0.15, 0.2) is 0 Å². The lowest BCUT2D eigenvalue weighted by Crippen LogP contribution is -2.61. The van der Waals surface area contributed by atoms with Crippen LogP contribution in [-0.4, -0.2) is 51.2 Å². The summed E-state index contributed by atoms with van der Waals surface area (Å²) in [5.41, 5.74) is -0.0360. The van der Waals surface area contributed by atoms with E-state index in [0.29, 0.717) is 6.04 Å². The van der Waals surface area contributed by atoms with Gasteiger partial charge in [0.25, 0.3) is 0 Å². The quantitative estimate of drug-likeness (QED) is 0.747. The molecular formula is C11H21NO3. The Morgan fingerprint density at radius 2 is 2.13 bits per heavy atom. The minimum atomic E-state index is -0.0360. The number of nitrogens with one attached hydrogen (secondary N) is 1. The number of hydrogen-bond acceptors (Lipinski definition) is 4. The van der Waals surface area contributed by atoms with Crippen LogP contribution in [0.3, 0.4) is 0 Å². The summed E-state index contributed by atoms with van der Waals surface area (Å²) in [6.45, 7) is 6.90. The van der Waals surface area contributed by atoms with E-state index < -0.39 is 0 Å². The van der Waals surface area contributed by atoms with E-state index in [4.69, 9.17) is 14.2 Å². The third-order valence-corrected chi connectivity index (χ3v) is 3.35. The molecule has 0 aliphatic carbocycles. The van der Waals surface area contributed by atoms with Crippen molar-refractivity contribution in [2.24, 2.45) is 0 Å². The summed E-state index contributed by atoms with van der Waals surface area (Å²) in [4.78, 5) is 0. The van der Waals surface area contributed by atoms with Gasteiger partial charge in [0.2, 0.25) is 0 Å². The van der Waals surface area contributed by atoms with E-state index in [-0.39, 0.29) is 5.60 Å². The lowest BCUT2D eigenvalue weighted by Gasteiger charge is -2.46. The van der Waals surface area contributed by atoms with Crippen LogP contribution in [0.15, 0.2) is 0 Å². The van der Waals surface area contributed by atoms with Crippen molar-refractivity contribution in [1.82, 2.24) is 5.32 Å². The predicted molar refractivity (Wildman–Crippen MR) is 57.0 cm³/mol. The Bertz CT molecular complexity index is 184. The number of morpholine rings is 1. The largest absolute Gasteiger partial charge is 0.381 e. The first-order valence-corrected chi connectivity index (χ1v) is 5.90. The van der Waals surface area contributed by atoms with Crippen molar-refractivity contribution in [2.45, 2.75) is 31.4 Å². The van der Waals surface area contributed by atoms with E-state index in [1.807, 2.05) is 6.92 Å². The van der Waals surface area contributed by atoms with Gasteiger partial charge in [0.05, 0.1) is 24.9 Å². The Balaban J connectivity index is 1.97. The molecule has 1 atom stereocenters. The zero-order valence-corrected chi connectivity index (χ0v) is 9.46. The van der Waals surface area contributed by atoms with Crippen LogP contribution in [0.25, 0.3) is 0 Å². The molecule has 0 amide bonds. The normalized spacial score (nSPS) is 30.6. The third-order valence-electron chi connectivity index (χ3n) is 3.35. The molecule has 88 valence electrons. The Hall–Kier alpha value is -0.160. The topological polar surface area (TPSA) is 39.7 Å². The van der Waals surface area contributed by atoms with Crippen LogP contribution in [0.2, 0.25) is 0 Å². The van der Waals surface area contributed by atoms with Crippen LogP contribution in [0.5, 0.6) is 0 Å². The van der Waals surface area contributed by atoms with Gasteiger partial charge in [0.1, 0.15) is 0 Å². The molecule has 4 nitrogen and oxygen atoms in total. The van der Waals surface area contributed by atoms with Gasteiger partial charge < -0.3 is 19.5 Å². The molecule has 2 fully saturated rings. The molecule has 0 radical (unpaired) electrons. The predicted octanol–water partition coefficient (Wildman–Crippen LogP) is 0.560. The summed E-state index contributed by atoms with van der Waals surface area (Å²) in [6.07, 6.45) is 1.97. The van der Waals surface area contributed by atoms with Gasteiger partial charge >= 0.3 is 0 Å². The van der Waals surface area contributed by atoms with E-state index in [9.17, 15) is 0 Å². The van der Waals surface area contributed by atoms with Crippen LogP contribution in [0.1, 0.15) is 19.8 Å². The van der Waals surface area contributed by atoms with Crippen LogP contribution in [0, 0.1) is 0 Å². The summed E-state index contributed by atoms with van der Waals surface area (Å²) in [5, 5.41) is 3.51. The second-order valence-corrected chi connectivity index (χ2v) is 4.19. The van der Waals surface area contributed by atoms with E-state index >= 15 is 0 Å². The highest BCUT2D eigenvalue weighted by molar-refractivity contribution is 4.97. The fourth-order valence-electron chi connectivity index (χ4n) is 2.43. The van der Waals surface area contributed by atoms with E-state index in [2.05, 4.69) is 5.32 Å². The molecule has 0 aromatic carbocycles. The summed E-state index contributed by atoms with van der Waals surface area (Å²) in [6, 6.07) is 0.329. The Morgan fingerprint density at radius 1 is 1.33 bits per heavy atom. The second-order valence-electron chi connectivity index (χ2n) is 4.19. The van der Waals surface area contributed by atoms with Crippen molar-refractivity contribution in [2.75, 3.05) is 39.6 Å². The SMILES string of the molecule is CCOCC1NCCOC12CCOCC2. The Kier molecular flexibility index (Phi) is 3.97. The summed E-state index contributed by atoms with van der Waals surface area (Å²) >= 11 is 0. The standard InChI is InChI=1S/C11H21NO3/c1-2-13-9-10-11(15-8-5-12-10)3-6-14-7-4-11/h10,12H,2-9H2,1H3. The van der Waals surface area contributed by atoms with E-state index in [0.717, 1.165) is 52.4 Å². The molecule has 1 unspecified atom stereocenters. The van der Waals surface area contributed by atoms with Gasteiger partial charge in [-0.2, -0.15) is 0 Å². The zero-order valence-electron chi connectivity index (χ0n) is 9.46. The van der Waals surface area contributed by atoms with Gasteiger partial charge in [-0.25, -0.2) is 0 Å². The van der Waals surface area contributed by atoms with Crippen LogP contribution < -0.4 is 5.32 Å². The van der Waals surface area contributed by atoms with Gasteiger partial charge in [-0.3, -0.25) is 0 Å². The molecule has 0 saturated carbocycles. The first kappa shape index (κ1) is 11.3. The van der Waals surface area contributed by atoms with Crippen molar-refractivity contribution in [3.8, 4) is 0 Å². The molecule has 1 spiro atoms. The number of hydrogen-bond donors (Lipinski definition) is 1. The molecule has 1 N–H and O–H groups in total. The van der Waals surface area contributed by atoms with Gasteiger partial charge in [-0.15, -0.1) is 0 Å². The van der Waals surface area contributed by atoms with Gasteiger partial charge in [0, 0.05) is 39.2 Å². The molecule has 0 bridgehead atoms. The van der Waals surface area contributed by atoms with Gasteiger partial charge in [-0.1, -0.05) is 0 Å². The molecule has 15 heavy (non-hydrogen) atoms. The van der Waals surface area contributed by atoms with Crippen LogP contribution in [-0.2, 0) is 14.2 Å². The minimum Gasteiger partial charge on any atom is -0.381 e. The van der Waals surface area contributed by atoms with Crippen molar-refractivity contribution >= 4 is 0 Å². The monoisotopic (exact) mass is 215 g/mol. The maximum absolute atomic E-state index is 5.99. The number of ether oxygens (including phenoxy) is 3. The third kappa shape index (κ3) is 2.50. The van der Waals surface area contributed by atoms with E-state index in [1.165, 1.54) is 0 Å². The molecule has 0 aromatic rings. The van der Waals surface area contributed by atoms with E-state index in [1.54, 1.807) is 0 Å². The Labute approximate surface area is 91.3 Å². The molecule has 2 aliphatic rings. The maximum atomic E-state index is 5.99. The fraction of sp³-hybridized carbons (Fsp3) is 1.00. The zero-order chi connectivity index (χ0) is 10.6. The van der Waals surface area contributed by atoms with Crippen LogP contribution >= 0.6 is 0 Å². The lowest BCUT2D eigenvalue weighted by molar-refractivity contribution is -0.158. The first-order valence-electron chi connectivity index (χ1n) is 5.90. The van der Waals surface area contributed by atoms with Gasteiger partial charge in [-0.05, 0) is 6.92 Å². The molecule has 2 saturated heterocycles. The highest BCUT2D eigenvalue weighted by atomic mass is 16.5. The molecule has 2 rings (SSSR count). The summed E-state index contributed by atoms with van der Waals surface area (Å²) in [7, 11) is 0. The van der Waals surface area contributed by atoms with Crippen molar-refractivity contribution in [3.05, 3.63) is 0 Å². The summed E-state index contributed by atoms with van der Waals surface area (Å²) in [5.74, 6) is 0. The highest BCUT2D eigenvalue weighted by Crippen LogP contribution is 2.30. The number of rotatable bonds is 3. The highest BCUT2D eigenvalue weighted by Gasteiger charge is 2.43. The minimum absolute atomic E-state index is 0.0360. The summed E-state index contributed by atoms with van der Waals surface area (Å²) < 4.78 is 16.9. The van der Waals surface area contributed by atoms with Crippen molar-refractivity contribution in [3.63, 3.8) is 0 Å². The average Bonchev–Trinajstić information content (AvgIpc) is 2.29. The average molecular weight is 215 g/mol. The molecule has 2 heterocycles. The van der Waals surface area contributed by atoms with Crippen molar-refractivity contribution in [1.29, 1.82) is 0 Å². The van der Waals surface area contributed by atoms with Crippen LogP contribution in [0.4, 0.5) is 0 Å². The van der Waals surface area contributed by atoms with Crippen molar-refractivity contribution < 1.29 is 14.2 Å². The molecule has 0 aromatic heterocycles. The molecular weight excluding hydrogens is 194 g/mol. The molecule has 4 heteroatoms. The fourth-order valence-corrected chi connectivity index (χ4v) is 2.43. The Morgan fingerprint density at radius 3 is 2.87 bits per heavy atom. The second kappa shape index (κ2) is 5.25. The smallest absolute Gasteiger partial charge is 0.0901 e. The lowest BCUT2D eigenvalue weighted by atomic mass is 9.85.